The van der Waals surface area contributed by atoms with Crippen molar-refractivity contribution in [3.63, 3.8) is 0 Å². The van der Waals surface area contributed by atoms with Crippen molar-refractivity contribution in [2.75, 3.05) is 18.5 Å². The molecule has 2 aromatic rings. The number of aromatic hydroxyl groups is 1. The molecule has 1 aliphatic heterocycles. The van der Waals surface area contributed by atoms with Gasteiger partial charge in [0.25, 0.3) is 0 Å². The van der Waals surface area contributed by atoms with Crippen LogP contribution >= 0.6 is 0 Å². The fraction of sp³-hybridized carbons (Fsp3) is 0.641. The summed E-state index contributed by atoms with van der Waals surface area (Å²) < 4.78 is 23.2. The van der Waals surface area contributed by atoms with Crippen LogP contribution in [0, 0.1) is 29.6 Å². The number of anilines is 1. The Balaban J connectivity index is 1.53. The minimum absolute atomic E-state index is 0.0447. The average molecular weight is 739 g/mol. The zero-order valence-electron chi connectivity index (χ0n) is 32.9. The number of carbonyl (C=O) groups excluding carboxylic acids is 3. The van der Waals surface area contributed by atoms with Crippen molar-refractivity contribution >= 4 is 29.8 Å². The first-order chi connectivity index (χ1) is 24.6. The maximum atomic E-state index is 13.3. The summed E-state index contributed by atoms with van der Waals surface area (Å²) in [6, 6.07) is 7.00. The molecule has 0 radical (unpaired) electrons. The summed E-state index contributed by atoms with van der Waals surface area (Å²) in [6.45, 7) is 18.0. The van der Waals surface area contributed by atoms with E-state index in [9.17, 15) is 19.5 Å². The highest BCUT2D eigenvalue weighted by molar-refractivity contribution is 5.99. The van der Waals surface area contributed by atoms with Crippen molar-refractivity contribution in [1.29, 1.82) is 5.41 Å². The number of guanidine groups is 1. The fourth-order valence-electron chi connectivity index (χ4n) is 6.53. The number of nitrogens with zero attached hydrogens (tertiary/aromatic N) is 3. The Bertz CT molecular complexity index is 1630. The van der Waals surface area contributed by atoms with Gasteiger partial charge in [-0.1, -0.05) is 12.1 Å². The predicted octanol–water partition coefficient (Wildman–Crippen LogP) is 6.91. The van der Waals surface area contributed by atoms with E-state index in [0.717, 1.165) is 28.3 Å². The molecule has 1 unspecified atom stereocenters. The first-order valence-electron chi connectivity index (χ1n) is 18.4. The van der Waals surface area contributed by atoms with Crippen LogP contribution in [0.15, 0.2) is 24.3 Å². The summed E-state index contributed by atoms with van der Waals surface area (Å²) in [5, 5.41) is 24.4. The standard InChI is InChI=1S/C39H58N6O8/c1-23-41-28(18-15-24-13-16-27(46)17-14-24)30-32(42-23)51-31-26(19-21-50-33(47)37(2,3)4)22-25(29(31)43-30)12-11-20-45(36(49)53-39(8,9)10)34(40)44-35(48)52-38(5,6)7/h13-14,16-17,25-26,29,31,43,46H,11-12,15,18-22H2,1-10H3,(H2,40,44,48)/t25-,26-,29?,31+/m0/s1. The SMILES string of the molecule is Cc1nc(CCc2ccc(O)cc2)c2c(n1)O[C@H]1C(N2)[C@@H](CCCN(C(=N)NC(=O)OC(C)(C)C)C(=O)OC(C)(C)C)C[C@@H]1CCOC(=O)C(C)(C)C. The number of hydrogen-bond acceptors (Lipinski definition) is 12. The molecule has 2 amide bonds. The van der Waals surface area contributed by atoms with E-state index in [2.05, 4.69) is 15.6 Å². The third kappa shape index (κ3) is 11.9. The molecule has 0 spiro atoms. The number of rotatable bonds is 10. The van der Waals surface area contributed by atoms with E-state index >= 15 is 0 Å². The molecule has 14 heteroatoms. The second-order valence-corrected chi connectivity index (χ2v) is 17.0. The molecule has 14 nitrogen and oxygen atoms in total. The van der Waals surface area contributed by atoms with Crippen LogP contribution in [-0.2, 0) is 31.8 Å². The van der Waals surface area contributed by atoms with Crippen LogP contribution < -0.4 is 15.4 Å². The van der Waals surface area contributed by atoms with Crippen LogP contribution in [-0.4, -0.2) is 80.6 Å². The molecule has 4 N–H and O–H groups in total. The number of phenolic OH excluding ortho intramolecular Hbond substituents is 1. The number of fused-ring (bicyclic) bond motifs is 2. The molecule has 1 saturated carbocycles. The maximum Gasteiger partial charge on any atom is 0.417 e. The molecule has 1 aliphatic carbocycles. The average Bonchev–Trinajstić information content (AvgIpc) is 3.35. The molecule has 53 heavy (non-hydrogen) atoms. The minimum Gasteiger partial charge on any atom is -0.508 e. The van der Waals surface area contributed by atoms with Crippen molar-refractivity contribution < 1.29 is 38.4 Å². The first-order valence-corrected chi connectivity index (χ1v) is 18.4. The van der Waals surface area contributed by atoms with Crippen molar-refractivity contribution in [3.8, 4) is 11.6 Å². The van der Waals surface area contributed by atoms with Gasteiger partial charge >= 0.3 is 18.2 Å². The van der Waals surface area contributed by atoms with Gasteiger partial charge in [0.15, 0.2) is 0 Å². The lowest BCUT2D eigenvalue weighted by Crippen LogP contribution is -2.49. The molecule has 2 heterocycles. The second kappa shape index (κ2) is 16.6. The summed E-state index contributed by atoms with van der Waals surface area (Å²) in [6.07, 6.45) is 1.98. The summed E-state index contributed by atoms with van der Waals surface area (Å²) in [5.41, 5.74) is 0.426. The lowest BCUT2D eigenvalue weighted by Gasteiger charge is -2.35. The summed E-state index contributed by atoms with van der Waals surface area (Å²) in [5.74, 6) is 0.733. The Hall–Kier alpha value is -4.62. The molecule has 1 aromatic carbocycles. The largest absolute Gasteiger partial charge is 0.508 e. The van der Waals surface area contributed by atoms with Gasteiger partial charge in [-0.25, -0.2) is 19.5 Å². The second-order valence-electron chi connectivity index (χ2n) is 17.0. The van der Waals surface area contributed by atoms with Gasteiger partial charge in [0.2, 0.25) is 11.8 Å². The number of alkyl carbamates (subject to hydrolysis) is 1. The maximum absolute atomic E-state index is 13.3. The first kappa shape index (κ1) is 41.1. The van der Waals surface area contributed by atoms with E-state index in [4.69, 9.17) is 29.3 Å². The highest BCUT2D eigenvalue weighted by atomic mass is 16.6. The van der Waals surface area contributed by atoms with E-state index in [1.54, 1.807) is 53.7 Å². The van der Waals surface area contributed by atoms with Crippen LogP contribution in [0.3, 0.4) is 0 Å². The van der Waals surface area contributed by atoms with Crippen molar-refractivity contribution in [2.24, 2.45) is 17.3 Å². The lowest BCUT2D eigenvalue weighted by molar-refractivity contribution is -0.153. The molecule has 0 saturated heterocycles. The quantitative estimate of drug-likeness (QED) is 0.0859. The highest BCUT2D eigenvalue weighted by Gasteiger charge is 2.48. The molecule has 4 rings (SSSR count). The van der Waals surface area contributed by atoms with Gasteiger partial charge in [0, 0.05) is 12.5 Å². The van der Waals surface area contributed by atoms with Crippen LogP contribution in [0.4, 0.5) is 15.3 Å². The van der Waals surface area contributed by atoms with Crippen molar-refractivity contribution in [1.82, 2.24) is 20.2 Å². The molecular weight excluding hydrogens is 680 g/mol. The number of hydrogen-bond donors (Lipinski definition) is 4. The fourth-order valence-corrected chi connectivity index (χ4v) is 6.53. The Morgan fingerprint density at radius 2 is 1.62 bits per heavy atom. The van der Waals surface area contributed by atoms with Crippen LogP contribution in [0.25, 0.3) is 0 Å². The van der Waals surface area contributed by atoms with E-state index < -0.39 is 34.8 Å². The molecular formula is C39H58N6O8. The third-order valence-corrected chi connectivity index (χ3v) is 8.93. The number of nitrogens with one attached hydrogen (secondary N) is 3. The number of ether oxygens (including phenoxy) is 4. The normalized spacial score (nSPS) is 19.5. The number of benzene rings is 1. The smallest absolute Gasteiger partial charge is 0.417 e. The molecule has 4 atom stereocenters. The zero-order valence-corrected chi connectivity index (χ0v) is 32.9. The topological polar surface area (TPSA) is 185 Å². The molecule has 2 aliphatic rings. The molecule has 1 fully saturated rings. The molecule has 1 aromatic heterocycles. The Morgan fingerprint density at radius 3 is 2.25 bits per heavy atom. The monoisotopic (exact) mass is 738 g/mol. The van der Waals surface area contributed by atoms with Crippen LogP contribution in [0.5, 0.6) is 11.6 Å². The van der Waals surface area contributed by atoms with Gasteiger partial charge in [0.1, 0.15) is 34.6 Å². The molecule has 0 bridgehead atoms. The minimum atomic E-state index is -0.842. The lowest BCUT2D eigenvalue weighted by atomic mass is 9.95. The highest BCUT2D eigenvalue weighted by Crippen LogP contribution is 2.45. The zero-order chi connectivity index (χ0) is 39.3. The van der Waals surface area contributed by atoms with Crippen LogP contribution in [0.2, 0.25) is 0 Å². The van der Waals surface area contributed by atoms with Gasteiger partial charge < -0.3 is 29.4 Å². The van der Waals surface area contributed by atoms with Gasteiger partial charge in [0.05, 0.1) is 23.8 Å². The van der Waals surface area contributed by atoms with Crippen molar-refractivity contribution in [2.45, 2.75) is 131 Å². The van der Waals surface area contributed by atoms with E-state index in [0.29, 0.717) is 43.8 Å². The summed E-state index contributed by atoms with van der Waals surface area (Å²) in [7, 11) is 0. The van der Waals surface area contributed by atoms with E-state index in [1.807, 2.05) is 39.8 Å². The van der Waals surface area contributed by atoms with E-state index in [-0.39, 0.29) is 48.9 Å². The Kier molecular flexibility index (Phi) is 12.9. The number of phenols is 1. The van der Waals surface area contributed by atoms with Gasteiger partial charge in [-0.15, -0.1) is 0 Å². The summed E-state index contributed by atoms with van der Waals surface area (Å²) >= 11 is 0. The van der Waals surface area contributed by atoms with Gasteiger partial charge in [-0.3, -0.25) is 15.5 Å². The Labute approximate surface area is 313 Å². The number of aryl methyl sites for hydroxylation is 3. The third-order valence-electron chi connectivity index (χ3n) is 8.93. The van der Waals surface area contributed by atoms with Gasteiger partial charge in [-0.05, 0) is 131 Å². The number of amides is 2. The Morgan fingerprint density at radius 1 is 0.962 bits per heavy atom. The number of esters is 1. The number of carbonyl (C=O) groups is 3. The van der Waals surface area contributed by atoms with E-state index in [1.165, 1.54) is 0 Å². The van der Waals surface area contributed by atoms with Crippen molar-refractivity contribution in [3.05, 3.63) is 41.3 Å². The van der Waals surface area contributed by atoms with Gasteiger partial charge in [-0.2, -0.15) is 4.98 Å². The number of aromatic nitrogens is 2. The summed E-state index contributed by atoms with van der Waals surface area (Å²) in [4.78, 5) is 48.9. The van der Waals surface area contributed by atoms with Crippen LogP contribution in [0.1, 0.15) is 105 Å². The molecule has 292 valence electrons. The predicted molar refractivity (Wildman–Crippen MR) is 200 cm³/mol.